The molecule has 1 N–H and O–H groups in total. The number of aliphatic hydroxyl groups is 1. The molecule has 0 radical (unpaired) electrons. The number of Topliss-reactive ketones (excluding diaryl/α,β-unsaturated/α-hetero) is 1. The molecule has 1 aliphatic heterocycles. The molecule has 2 unspecified atom stereocenters. The number of benzene rings is 2. The number of aromatic nitrogens is 1. The molecule has 154 valence electrons. The van der Waals surface area contributed by atoms with E-state index in [-0.39, 0.29) is 11.9 Å². The van der Waals surface area contributed by atoms with Crippen molar-refractivity contribution in [3.63, 3.8) is 0 Å². The van der Waals surface area contributed by atoms with Crippen LogP contribution in [0, 0.1) is 0 Å². The lowest BCUT2D eigenvalue weighted by molar-refractivity contribution is 0.0395. The number of nitrogens with zero attached hydrogens (tertiary/aromatic N) is 2. The molecular formula is C24H24N2O4. The van der Waals surface area contributed by atoms with Crippen LogP contribution in [0.4, 0.5) is 0 Å². The minimum absolute atomic E-state index is 0.0866. The summed E-state index contributed by atoms with van der Waals surface area (Å²) in [5.41, 5.74) is 3.28. The molecular weight excluding hydrogens is 380 g/mol. The Morgan fingerprint density at radius 3 is 2.37 bits per heavy atom. The maximum Gasteiger partial charge on any atom is 0.169 e. The van der Waals surface area contributed by atoms with Crippen LogP contribution in [0.5, 0.6) is 11.5 Å². The van der Waals surface area contributed by atoms with Crippen LogP contribution in [0.3, 0.4) is 0 Å². The zero-order valence-corrected chi connectivity index (χ0v) is 17.0. The van der Waals surface area contributed by atoms with Crippen molar-refractivity contribution in [2.24, 2.45) is 0 Å². The molecule has 3 aromatic rings. The zero-order valence-electron chi connectivity index (χ0n) is 17.0. The molecule has 0 saturated carbocycles. The van der Waals surface area contributed by atoms with Gasteiger partial charge in [0.15, 0.2) is 5.78 Å². The Hall–Kier alpha value is -3.22. The van der Waals surface area contributed by atoms with Gasteiger partial charge in [0.05, 0.1) is 12.2 Å². The highest BCUT2D eigenvalue weighted by Gasteiger charge is 2.22. The molecule has 0 spiro atoms. The van der Waals surface area contributed by atoms with E-state index < -0.39 is 6.23 Å². The standard InChI is InChI=1S/C24H24N2O4/c1-26(2)24(28)18-5-3-16(4-6-18)23(17-9-12-25-13-10-17)30-19-7-8-20-21(27)11-14-29-22(20)15-19/h3-10,12-13,15,23-24,28H,11,14H2,1-2H3. The number of fused-ring (bicyclic) bond motifs is 1. The minimum Gasteiger partial charge on any atom is -0.492 e. The number of aliphatic hydroxyl groups excluding tert-OH is 1. The van der Waals surface area contributed by atoms with Gasteiger partial charge >= 0.3 is 0 Å². The summed E-state index contributed by atoms with van der Waals surface area (Å²) >= 11 is 0. The fourth-order valence-corrected chi connectivity index (χ4v) is 3.46. The second-order valence-electron chi connectivity index (χ2n) is 7.46. The maximum atomic E-state index is 12.0. The molecule has 6 heteroatoms. The molecule has 0 fully saturated rings. The predicted octanol–water partition coefficient (Wildman–Crippen LogP) is 3.77. The monoisotopic (exact) mass is 404 g/mol. The summed E-state index contributed by atoms with van der Waals surface area (Å²) in [4.78, 5) is 17.9. The van der Waals surface area contributed by atoms with Crippen molar-refractivity contribution in [1.29, 1.82) is 0 Å². The minimum atomic E-state index is -0.672. The zero-order chi connectivity index (χ0) is 21.1. The molecule has 2 atom stereocenters. The first-order valence-corrected chi connectivity index (χ1v) is 9.84. The summed E-state index contributed by atoms with van der Waals surface area (Å²) in [6.45, 7) is 0.388. The Bertz CT molecular complexity index is 1020. The molecule has 0 saturated heterocycles. The highest BCUT2D eigenvalue weighted by atomic mass is 16.5. The molecule has 30 heavy (non-hydrogen) atoms. The summed E-state index contributed by atoms with van der Waals surface area (Å²) in [6.07, 6.45) is 2.80. The van der Waals surface area contributed by atoms with E-state index in [9.17, 15) is 9.90 Å². The summed E-state index contributed by atoms with van der Waals surface area (Å²) in [7, 11) is 3.65. The number of pyridine rings is 1. The van der Waals surface area contributed by atoms with Gasteiger partial charge in [-0.2, -0.15) is 0 Å². The van der Waals surface area contributed by atoms with Crippen LogP contribution in [0.1, 0.15) is 45.8 Å². The Balaban J connectivity index is 1.65. The van der Waals surface area contributed by atoms with Crippen molar-refractivity contribution >= 4 is 5.78 Å². The number of hydrogen-bond donors (Lipinski definition) is 1. The summed E-state index contributed by atoms with van der Waals surface area (Å²) in [5.74, 6) is 1.26. The summed E-state index contributed by atoms with van der Waals surface area (Å²) in [5, 5.41) is 10.3. The lowest BCUT2D eigenvalue weighted by atomic mass is 10.00. The van der Waals surface area contributed by atoms with E-state index in [1.165, 1.54) is 0 Å². The van der Waals surface area contributed by atoms with E-state index in [4.69, 9.17) is 9.47 Å². The van der Waals surface area contributed by atoms with Crippen molar-refractivity contribution in [1.82, 2.24) is 9.88 Å². The second kappa shape index (κ2) is 8.65. The van der Waals surface area contributed by atoms with Crippen LogP contribution in [0.2, 0.25) is 0 Å². The molecule has 0 aliphatic carbocycles. The molecule has 2 aromatic carbocycles. The van der Waals surface area contributed by atoms with Crippen LogP contribution < -0.4 is 9.47 Å². The average Bonchev–Trinajstić information content (AvgIpc) is 2.78. The van der Waals surface area contributed by atoms with Crippen LogP contribution in [-0.2, 0) is 0 Å². The Morgan fingerprint density at radius 2 is 1.67 bits per heavy atom. The first kappa shape index (κ1) is 20.1. The molecule has 0 bridgehead atoms. The van der Waals surface area contributed by atoms with Gasteiger partial charge in [-0.25, -0.2) is 0 Å². The number of ether oxygens (including phenoxy) is 2. The van der Waals surface area contributed by atoms with Gasteiger partial charge in [0.1, 0.15) is 23.8 Å². The molecule has 0 amide bonds. The Kier molecular flexibility index (Phi) is 5.79. The van der Waals surface area contributed by atoms with Crippen molar-refractivity contribution < 1.29 is 19.4 Å². The maximum absolute atomic E-state index is 12.0. The molecule has 6 nitrogen and oxygen atoms in total. The van der Waals surface area contributed by atoms with Gasteiger partial charge in [-0.15, -0.1) is 0 Å². The number of carbonyl (C=O) groups is 1. The molecule has 2 heterocycles. The third-order valence-corrected chi connectivity index (χ3v) is 5.13. The van der Waals surface area contributed by atoms with Crippen LogP contribution in [0.15, 0.2) is 67.0 Å². The average molecular weight is 404 g/mol. The second-order valence-corrected chi connectivity index (χ2v) is 7.46. The summed E-state index contributed by atoms with van der Waals surface area (Å²) in [6, 6.07) is 16.8. The van der Waals surface area contributed by atoms with Gasteiger partial charge in [0, 0.05) is 24.9 Å². The van der Waals surface area contributed by atoms with Gasteiger partial charge in [0.25, 0.3) is 0 Å². The topological polar surface area (TPSA) is 71.9 Å². The number of ketones is 1. The van der Waals surface area contributed by atoms with Crippen molar-refractivity contribution in [3.05, 3.63) is 89.2 Å². The fraction of sp³-hybridized carbons (Fsp3) is 0.250. The van der Waals surface area contributed by atoms with Gasteiger partial charge < -0.3 is 14.6 Å². The quantitative estimate of drug-likeness (QED) is 0.631. The smallest absolute Gasteiger partial charge is 0.169 e. The fourth-order valence-electron chi connectivity index (χ4n) is 3.46. The first-order chi connectivity index (χ1) is 14.5. The van der Waals surface area contributed by atoms with E-state index in [0.29, 0.717) is 30.1 Å². The van der Waals surface area contributed by atoms with E-state index in [0.717, 1.165) is 16.7 Å². The third-order valence-electron chi connectivity index (χ3n) is 5.13. The van der Waals surface area contributed by atoms with Crippen molar-refractivity contribution in [3.8, 4) is 11.5 Å². The lowest BCUT2D eigenvalue weighted by Gasteiger charge is -2.23. The Labute approximate surface area is 175 Å². The van der Waals surface area contributed by atoms with Gasteiger partial charge in [-0.1, -0.05) is 24.3 Å². The van der Waals surface area contributed by atoms with Crippen molar-refractivity contribution in [2.45, 2.75) is 18.8 Å². The van der Waals surface area contributed by atoms with E-state index in [2.05, 4.69) is 4.98 Å². The number of carbonyl (C=O) groups excluding carboxylic acids is 1. The van der Waals surface area contributed by atoms with E-state index in [1.807, 2.05) is 50.5 Å². The van der Waals surface area contributed by atoms with Crippen LogP contribution in [0.25, 0.3) is 0 Å². The highest BCUT2D eigenvalue weighted by Crippen LogP contribution is 2.34. The third kappa shape index (κ3) is 4.20. The van der Waals surface area contributed by atoms with Gasteiger partial charge in [-0.3, -0.25) is 14.7 Å². The van der Waals surface area contributed by atoms with Crippen molar-refractivity contribution in [2.75, 3.05) is 20.7 Å². The van der Waals surface area contributed by atoms with E-state index >= 15 is 0 Å². The Morgan fingerprint density at radius 1 is 1.00 bits per heavy atom. The highest BCUT2D eigenvalue weighted by molar-refractivity contribution is 5.99. The van der Waals surface area contributed by atoms with Crippen LogP contribution in [-0.4, -0.2) is 41.5 Å². The number of hydrogen-bond acceptors (Lipinski definition) is 6. The largest absolute Gasteiger partial charge is 0.492 e. The normalized spacial score (nSPS) is 15.3. The van der Waals surface area contributed by atoms with Gasteiger partial charge in [0.2, 0.25) is 0 Å². The number of rotatable bonds is 6. The predicted molar refractivity (Wildman–Crippen MR) is 113 cm³/mol. The van der Waals surface area contributed by atoms with Crippen LogP contribution >= 0.6 is 0 Å². The lowest BCUT2D eigenvalue weighted by Crippen LogP contribution is -2.19. The molecule has 1 aliphatic rings. The summed E-state index contributed by atoms with van der Waals surface area (Å²) < 4.78 is 12.0. The SMILES string of the molecule is CN(C)C(O)c1ccc(C(Oc2ccc3c(c2)OCCC3=O)c2ccncc2)cc1. The molecule has 4 rings (SSSR count). The molecule has 1 aromatic heterocycles. The van der Waals surface area contributed by atoms with Gasteiger partial charge in [-0.05, 0) is 55.1 Å². The van der Waals surface area contributed by atoms with E-state index in [1.54, 1.807) is 35.5 Å². The first-order valence-electron chi connectivity index (χ1n) is 9.84.